The highest BCUT2D eigenvalue weighted by atomic mass is 35.5. The summed E-state index contributed by atoms with van der Waals surface area (Å²) in [5, 5.41) is 9.87. The number of nitrogens with one attached hydrogen (secondary N) is 1. The summed E-state index contributed by atoms with van der Waals surface area (Å²) < 4.78 is 2.01. The third-order valence-corrected chi connectivity index (χ3v) is 5.61. The zero-order chi connectivity index (χ0) is 18.3. The molecule has 0 aliphatic carbocycles. The highest BCUT2D eigenvalue weighted by Crippen LogP contribution is 2.38. The van der Waals surface area contributed by atoms with Crippen LogP contribution in [0.3, 0.4) is 0 Å². The quantitative estimate of drug-likeness (QED) is 0.567. The Kier molecular flexibility index (Phi) is 4.68. The molecule has 3 aromatic rings. The summed E-state index contributed by atoms with van der Waals surface area (Å²) in [6.07, 6.45) is 3.25. The Morgan fingerprint density at radius 3 is 2.65 bits per heavy atom. The molecule has 0 radical (unpaired) electrons. The molecule has 1 aliphatic rings. The molecule has 0 unspecified atom stereocenters. The van der Waals surface area contributed by atoms with Gasteiger partial charge in [0.15, 0.2) is 0 Å². The fourth-order valence-corrected chi connectivity index (χ4v) is 3.82. The van der Waals surface area contributed by atoms with Crippen molar-refractivity contribution in [2.75, 3.05) is 11.9 Å². The second-order valence-electron chi connectivity index (χ2n) is 6.86. The second kappa shape index (κ2) is 6.98. The molecule has 0 saturated carbocycles. The van der Waals surface area contributed by atoms with E-state index in [4.69, 9.17) is 28.3 Å². The summed E-state index contributed by atoms with van der Waals surface area (Å²) in [6, 6.07) is 12.0. The van der Waals surface area contributed by atoms with Gasteiger partial charge < -0.3 is 5.32 Å². The number of rotatable bonds is 2. The number of halogens is 2. The molecule has 0 saturated heterocycles. The summed E-state index contributed by atoms with van der Waals surface area (Å²) >= 11 is 12.7. The molecule has 5 heteroatoms. The summed E-state index contributed by atoms with van der Waals surface area (Å²) in [5.74, 6) is 1.07. The largest absolute Gasteiger partial charge is 0.370 e. The number of hydrogen-bond acceptors (Lipinski definition) is 2. The Morgan fingerprint density at radius 2 is 1.85 bits per heavy atom. The first-order chi connectivity index (χ1) is 12.5. The molecular formula is C21H21Cl2N3. The van der Waals surface area contributed by atoms with Crippen LogP contribution in [0.2, 0.25) is 10.0 Å². The molecule has 0 fully saturated rings. The van der Waals surface area contributed by atoms with Crippen LogP contribution in [0.4, 0.5) is 5.82 Å². The molecule has 2 heterocycles. The standard InChI is InChI=1S/C21H21Cl2N3/c1-13-6-8-16(11-14(13)2)26-21-17(5-3-4-10-24-21)20(25-26)18-12-15(22)7-9-19(18)23/h6-9,11-12,24H,3-5,10H2,1-2H3. The molecule has 0 atom stereocenters. The highest BCUT2D eigenvalue weighted by molar-refractivity contribution is 6.35. The van der Waals surface area contributed by atoms with Gasteiger partial charge in [0, 0.05) is 22.7 Å². The maximum atomic E-state index is 6.49. The Hall–Kier alpha value is -1.97. The number of aromatic nitrogens is 2. The van der Waals surface area contributed by atoms with Crippen molar-refractivity contribution in [1.82, 2.24) is 9.78 Å². The van der Waals surface area contributed by atoms with Crippen LogP contribution in [0.15, 0.2) is 36.4 Å². The molecule has 2 aromatic carbocycles. The fraction of sp³-hybridized carbons (Fsp3) is 0.286. The van der Waals surface area contributed by atoms with Gasteiger partial charge in [-0.1, -0.05) is 29.3 Å². The van der Waals surface area contributed by atoms with Gasteiger partial charge in [-0.05, 0) is 74.6 Å². The van der Waals surface area contributed by atoms with Crippen molar-refractivity contribution in [2.24, 2.45) is 0 Å². The number of hydrogen-bond donors (Lipinski definition) is 1. The van der Waals surface area contributed by atoms with E-state index < -0.39 is 0 Å². The lowest BCUT2D eigenvalue weighted by Crippen LogP contribution is -2.07. The third kappa shape index (κ3) is 3.10. The predicted molar refractivity (Wildman–Crippen MR) is 110 cm³/mol. The van der Waals surface area contributed by atoms with E-state index in [2.05, 4.69) is 37.4 Å². The van der Waals surface area contributed by atoms with E-state index in [1.54, 1.807) is 0 Å². The molecule has 0 bridgehead atoms. The fourth-order valence-electron chi connectivity index (χ4n) is 3.44. The Bertz CT molecular complexity index is 976. The van der Waals surface area contributed by atoms with Crippen molar-refractivity contribution in [3.63, 3.8) is 0 Å². The zero-order valence-corrected chi connectivity index (χ0v) is 16.5. The number of anilines is 1. The van der Waals surface area contributed by atoms with Gasteiger partial charge in [0.2, 0.25) is 0 Å². The van der Waals surface area contributed by atoms with Crippen LogP contribution in [0.25, 0.3) is 16.9 Å². The van der Waals surface area contributed by atoms with Crippen LogP contribution < -0.4 is 5.32 Å². The van der Waals surface area contributed by atoms with Crippen LogP contribution in [-0.4, -0.2) is 16.3 Å². The maximum Gasteiger partial charge on any atom is 0.133 e. The van der Waals surface area contributed by atoms with E-state index >= 15 is 0 Å². The number of benzene rings is 2. The predicted octanol–water partition coefficient (Wildman–Crippen LogP) is 6.21. The van der Waals surface area contributed by atoms with Gasteiger partial charge in [0.1, 0.15) is 5.82 Å². The molecule has 134 valence electrons. The summed E-state index contributed by atoms with van der Waals surface area (Å²) in [4.78, 5) is 0. The van der Waals surface area contributed by atoms with Crippen molar-refractivity contribution >= 4 is 29.0 Å². The average Bonchev–Trinajstić information content (AvgIpc) is 2.81. The number of fused-ring (bicyclic) bond motifs is 1. The van der Waals surface area contributed by atoms with Gasteiger partial charge >= 0.3 is 0 Å². The Balaban J connectivity index is 1.94. The third-order valence-electron chi connectivity index (χ3n) is 5.05. The Labute approximate surface area is 163 Å². The van der Waals surface area contributed by atoms with E-state index in [9.17, 15) is 0 Å². The molecule has 0 spiro atoms. The van der Waals surface area contributed by atoms with Crippen molar-refractivity contribution in [3.8, 4) is 16.9 Å². The van der Waals surface area contributed by atoms with Crippen molar-refractivity contribution in [1.29, 1.82) is 0 Å². The van der Waals surface area contributed by atoms with Gasteiger partial charge in [-0.15, -0.1) is 0 Å². The van der Waals surface area contributed by atoms with Crippen molar-refractivity contribution < 1.29 is 0 Å². The van der Waals surface area contributed by atoms with Crippen LogP contribution in [-0.2, 0) is 6.42 Å². The van der Waals surface area contributed by atoms with Gasteiger partial charge in [0.25, 0.3) is 0 Å². The van der Waals surface area contributed by atoms with Crippen molar-refractivity contribution in [2.45, 2.75) is 33.1 Å². The number of aryl methyl sites for hydroxylation is 2. The first kappa shape index (κ1) is 17.4. The summed E-state index contributed by atoms with van der Waals surface area (Å²) in [7, 11) is 0. The van der Waals surface area contributed by atoms with Gasteiger partial charge in [-0.2, -0.15) is 5.10 Å². The SMILES string of the molecule is Cc1ccc(-n2nc(-c3cc(Cl)ccc3Cl)c3c2NCCCC3)cc1C. The van der Waals surface area contributed by atoms with E-state index in [1.807, 2.05) is 22.9 Å². The molecule has 1 N–H and O–H groups in total. The molecule has 1 aliphatic heterocycles. The summed E-state index contributed by atoms with van der Waals surface area (Å²) in [6.45, 7) is 5.20. The van der Waals surface area contributed by atoms with Crippen molar-refractivity contribution in [3.05, 3.63) is 63.1 Å². The second-order valence-corrected chi connectivity index (χ2v) is 7.71. The van der Waals surface area contributed by atoms with Crippen LogP contribution in [0.1, 0.15) is 29.5 Å². The lowest BCUT2D eigenvalue weighted by Gasteiger charge is -2.10. The lowest BCUT2D eigenvalue weighted by molar-refractivity contribution is 0.780. The normalized spacial score (nSPS) is 13.8. The van der Waals surface area contributed by atoms with E-state index in [0.29, 0.717) is 10.0 Å². The maximum absolute atomic E-state index is 6.49. The van der Waals surface area contributed by atoms with Crippen LogP contribution in [0.5, 0.6) is 0 Å². The molecule has 4 rings (SSSR count). The zero-order valence-electron chi connectivity index (χ0n) is 14.9. The molecular weight excluding hydrogens is 365 g/mol. The van der Waals surface area contributed by atoms with Crippen LogP contribution >= 0.6 is 23.2 Å². The first-order valence-corrected chi connectivity index (χ1v) is 9.69. The van der Waals surface area contributed by atoms with Gasteiger partial charge in [-0.25, -0.2) is 4.68 Å². The van der Waals surface area contributed by atoms with Crippen LogP contribution in [0, 0.1) is 13.8 Å². The highest BCUT2D eigenvalue weighted by Gasteiger charge is 2.23. The van der Waals surface area contributed by atoms with E-state index in [-0.39, 0.29) is 0 Å². The molecule has 1 aromatic heterocycles. The minimum absolute atomic E-state index is 0.667. The minimum atomic E-state index is 0.667. The monoisotopic (exact) mass is 385 g/mol. The Morgan fingerprint density at radius 1 is 1.00 bits per heavy atom. The molecule has 26 heavy (non-hydrogen) atoms. The lowest BCUT2D eigenvalue weighted by atomic mass is 10.0. The van der Waals surface area contributed by atoms with Gasteiger partial charge in [0.05, 0.1) is 16.4 Å². The van der Waals surface area contributed by atoms with E-state index in [1.165, 1.54) is 16.7 Å². The molecule has 0 amide bonds. The minimum Gasteiger partial charge on any atom is -0.370 e. The average molecular weight is 386 g/mol. The first-order valence-electron chi connectivity index (χ1n) is 8.93. The smallest absolute Gasteiger partial charge is 0.133 e. The van der Waals surface area contributed by atoms with E-state index in [0.717, 1.165) is 48.6 Å². The molecule has 3 nitrogen and oxygen atoms in total. The van der Waals surface area contributed by atoms with Gasteiger partial charge in [-0.3, -0.25) is 0 Å². The topological polar surface area (TPSA) is 29.9 Å². The number of nitrogens with zero attached hydrogens (tertiary/aromatic N) is 2. The summed E-state index contributed by atoms with van der Waals surface area (Å²) in [5.41, 5.74) is 6.61.